The van der Waals surface area contributed by atoms with Crippen molar-refractivity contribution in [1.29, 1.82) is 0 Å². The molecule has 1 atom stereocenters. The van der Waals surface area contributed by atoms with Gasteiger partial charge in [-0.1, -0.05) is 0 Å². The number of hydrogen-bond donors (Lipinski definition) is 1. The van der Waals surface area contributed by atoms with E-state index in [1.54, 1.807) is 4.68 Å². The summed E-state index contributed by atoms with van der Waals surface area (Å²) in [6, 6.07) is 0.223. The van der Waals surface area contributed by atoms with E-state index in [2.05, 4.69) is 10.4 Å². The monoisotopic (exact) mass is 302 g/mol. The third kappa shape index (κ3) is 3.43. The van der Waals surface area contributed by atoms with E-state index in [-0.39, 0.29) is 31.0 Å². The fourth-order valence-corrected chi connectivity index (χ4v) is 2.39. The number of piperazine rings is 1. The van der Waals surface area contributed by atoms with Crippen LogP contribution in [-0.2, 0) is 11.8 Å². The number of rotatable bonds is 3. The quantitative estimate of drug-likeness (QED) is 0.891. The van der Waals surface area contributed by atoms with E-state index in [0.29, 0.717) is 0 Å². The van der Waals surface area contributed by atoms with Gasteiger partial charge in [-0.2, -0.15) is 5.10 Å². The first kappa shape index (κ1) is 16.8. The van der Waals surface area contributed by atoms with Crippen LogP contribution < -0.4 is 10.1 Å². The molecule has 1 N–H and O–H groups in total. The number of aromatic nitrogens is 2. The third-order valence-corrected chi connectivity index (χ3v) is 3.60. The van der Waals surface area contributed by atoms with Crippen LogP contribution in [0.15, 0.2) is 0 Å². The Morgan fingerprint density at radius 2 is 2.20 bits per heavy atom. The molecule has 0 aromatic carbocycles. The standard InChI is InChI=1S/C13H22N4O2.ClH/c1-9-7-14-5-6-17(9)12(18)8-19-13-10(2)15-16(4)11(13)3;/h9,14H,5-8H2,1-4H3;1H. The van der Waals surface area contributed by atoms with Crippen LogP contribution >= 0.6 is 12.4 Å². The fourth-order valence-electron chi connectivity index (χ4n) is 2.39. The van der Waals surface area contributed by atoms with Gasteiger partial charge in [-0.3, -0.25) is 9.48 Å². The summed E-state index contributed by atoms with van der Waals surface area (Å²) in [5, 5.41) is 7.54. The van der Waals surface area contributed by atoms with Crippen molar-refractivity contribution in [3.8, 4) is 5.75 Å². The van der Waals surface area contributed by atoms with Gasteiger partial charge in [0.25, 0.3) is 5.91 Å². The topological polar surface area (TPSA) is 59.4 Å². The summed E-state index contributed by atoms with van der Waals surface area (Å²) in [6.45, 7) is 8.39. The number of nitrogens with one attached hydrogen (secondary N) is 1. The van der Waals surface area contributed by atoms with Crippen molar-refractivity contribution in [2.75, 3.05) is 26.2 Å². The molecule has 1 aromatic heterocycles. The average molecular weight is 303 g/mol. The van der Waals surface area contributed by atoms with E-state index >= 15 is 0 Å². The van der Waals surface area contributed by atoms with Crippen molar-refractivity contribution < 1.29 is 9.53 Å². The van der Waals surface area contributed by atoms with Crippen LogP contribution in [0.3, 0.4) is 0 Å². The number of carbonyl (C=O) groups excluding carboxylic acids is 1. The van der Waals surface area contributed by atoms with Crippen LogP contribution in [0.25, 0.3) is 0 Å². The molecule has 0 spiro atoms. The molecule has 7 heteroatoms. The smallest absolute Gasteiger partial charge is 0.260 e. The summed E-state index contributed by atoms with van der Waals surface area (Å²) in [5.41, 5.74) is 1.76. The molecule has 1 amide bonds. The lowest BCUT2D eigenvalue weighted by atomic mass is 10.2. The van der Waals surface area contributed by atoms with Crippen molar-refractivity contribution in [3.05, 3.63) is 11.4 Å². The van der Waals surface area contributed by atoms with E-state index in [4.69, 9.17) is 4.74 Å². The molecule has 1 saturated heterocycles. The molecule has 20 heavy (non-hydrogen) atoms. The van der Waals surface area contributed by atoms with Crippen LogP contribution in [0, 0.1) is 13.8 Å². The van der Waals surface area contributed by atoms with Gasteiger partial charge in [0.2, 0.25) is 0 Å². The number of amides is 1. The van der Waals surface area contributed by atoms with Crippen molar-refractivity contribution >= 4 is 18.3 Å². The molecule has 0 bridgehead atoms. The van der Waals surface area contributed by atoms with Gasteiger partial charge in [0.05, 0.1) is 5.69 Å². The minimum atomic E-state index is 0. The Kier molecular flexibility index (Phi) is 5.83. The van der Waals surface area contributed by atoms with E-state index in [9.17, 15) is 4.79 Å². The molecule has 0 radical (unpaired) electrons. The summed E-state index contributed by atoms with van der Waals surface area (Å²) >= 11 is 0. The molecule has 2 heterocycles. The molecule has 1 fully saturated rings. The largest absolute Gasteiger partial charge is 0.480 e. The van der Waals surface area contributed by atoms with Crippen LogP contribution in [0.4, 0.5) is 0 Å². The highest BCUT2D eigenvalue weighted by Gasteiger charge is 2.23. The molecule has 2 rings (SSSR count). The number of hydrogen-bond acceptors (Lipinski definition) is 4. The highest BCUT2D eigenvalue weighted by Crippen LogP contribution is 2.21. The maximum absolute atomic E-state index is 12.2. The maximum atomic E-state index is 12.2. The van der Waals surface area contributed by atoms with Gasteiger partial charge in [0.1, 0.15) is 5.69 Å². The molecular weight excluding hydrogens is 280 g/mol. The SMILES string of the molecule is Cc1nn(C)c(C)c1OCC(=O)N1CCNCC1C.Cl. The lowest BCUT2D eigenvalue weighted by Gasteiger charge is -2.33. The first-order valence-corrected chi connectivity index (χ1v) is 6.64. The predicted molar refractivity (Wildman–Crippen MR) is 79.5 cm³/mol. The molecule has 0 aliphatic carbocycles. The molecule has 1 unspecified atom stereocenters. The van der Waals surface area contributed by atoms with Gasteiger partial charge >= 0.3 is 0 Å². The second-order valence-corrected chi connectivity index (χ2v) is 5.05. The Morgan fingerprint density at radius 3 is 2.75 bits per heavy atom. The van der Waals surface area contributed by atoms with Gasteiger partial charge in [0.15, 0.2) is 12.4 Å². The van der Waals surface area contributed by atoms with E-state index in [1.165, 1.54) is 0 Å². The summed E-state index contributed by atoms with van der Waals surface area (Å²) in [6.07, 6.45) is 0. The van der Waals surface area contributed by atoms with E-state index in [1.807, 2.05) is 32.7 Å². The number of ether oxygens (including phenoxy) is 1. The van der Waals surface area contributed by atoms with Gasteiger partial charge in [0, 0.05) is 32.7 Å². The van der Waals surface area contributed by atoms with Gasteiger partial charge in [-0.05, 0) is 20.8 Å². The van der Waals surface area contributed by atoms with Crippen LogP contribution in [0.5, 0.6) is 5.75 Å². The fraction of sp³-hybridized carbons (Fsp3) is 0.692. The van der Waals surface area contributed by atoms with Crippen molar-refractivity contribution in [3.63, 3.8) is 0 Å². The zero-order valence-corrected chi connectivity index (χ0v) is 13.3. The average Bonchev–Trinajstić information content (AvgIpc) is 2.61. The first-order valence-electron chi connectivity index (χ1n) is 6.64. The number of carbonyl (C=O) groups is 1. The Morgan fingerprint density at radius 1 is 1.50 bits per heavy atom. The summed E-state index contributed by atoms with van der Waals surface area (Å²) in [5.74, 6) is 0.760. The van der Waals surface area contributed by atoms with Crippen molar-refractivity contribution in [2.24, 2.45) is 7.05 Å². The van der Waals surface area contributed by atoms with Crippen LogP contribution in [0.2, 0.25) is 0 Å². The minimum absolute atomic E-state index is 0. The van der Waals surface area contributed by atoms with Crippen molar-refractivity contribution in [1.82, 2.24) is 20.0 Å². The Hall–Kier alpha value is -1.27. The number of nitrogens with zero attached hydrogens (tertiary/aromatic N) is 3. The Bertz CT molecular complexity index is 475. The summed E-state index contributed by atoms with van der Waals surface area (Å²) < 4.78 is 7.42. The van der Waals surface area contributed by atoms with E-state index < -0.39 is 0 Å². The number of halogens is 1. The third-order valence-electron chi connectivity index (χ3n) is 3.60. The van der Waals surface area contributed by atoms with Gasteiger partial charge in [-0.25, -0.2) is 0 Å². The molecule has 1 aromatic rings. The molecule has 0 saturated carbocycles. The van der Waals surface area contributed by atoms with Gasteiger partial charge in [-0.15, -0.1) is 12.4 Å². The lowest BCUT2D eigenvalue weighted by molar-refractivity contribution is -0.136. The highest BCUT2D eigenvalue weighted by molar-refractivity contribution is 5.85. The molecule has 114 valence electrons. The Labute approximate surface area is 125 Å². The number of aryl methyl sites for hydroxylation is 2. The van der Waals surface area contributed by atoms with Crippen LogP contribution in [0.1, 0.15) is 18.3 Å². The maximum Gasteiger partial charge on any atom is 0.260 e. The predicted octanol–water partition coefficient (Wildman–Crippen LogP) is 0.658. The molecular formula is C13H23ClN4O2. The Balaban J connectivity index is 0.00000200. The second kappa shape index (κ2) is 6.95. The first-order chi connectivity index (χ1) is 9.00. The highest BCUT2D eigenvalue weighted by atomic mass is 35.5. The molecule has 1 aliphatic heterocycles. The second-order valence-electron chi connectivity index (χ2n) is 5.05. The summed E-state index contributed by atoms with van der Waals surface area (Å²) in [7, 11) is 1.87. The zero-order chi connectivity index (χ0) is 14.0. The van der Waals surface area contributed by atoms with Gasteiger partial charge < -0.3 is 15.0 Å². The van der Waals surface area contributed by atoms with Crippen LogP contribution in [-0.4, -0.2) is 52.9 Å². The van der Waals surface area contributed by atoms with E-state index in [0.717, 1.165) is 36.8 Å². The molecule has 1 aliphatic rings. The molecule has 6 nitrogen and oxygen atoms in total. The lowest BCUT2D eigenvalue weighted by Crippen LogP contribution is -2.53. The zero-order valence-electron chi connectivity index (χ0n) is 12.5. The van der Waals surface area contributed by atoms with Crippen molar-refractivity contribution in [2.45, 2.75) is 26.8 Å². The summed E-state index contributed by atoms with van der Waals surface area (Å²) in [4.78, 5) is 14.0. The minimum Gasteiger partial charge on any atom is -0.480 e. The normalized spacial score (nSPS) is 18.6.